The molecule has 0 aliphatic heterocycles. The molecule has 63 heavy (non-hydrogen) atoms. The Morgan fingerprint density at radius 3 is 1.32 bits per heavy atom. The number of carboxylic acid groups (broad SMARTS) is 1. The summed E-state index contributed by atoms with van der Waals surface area (Å²) in [6, 6.07) is -0.615. The molecule has 0 spiro atoms. The van der Waals surface area contributed by atoms with Gasteiger partial charge in [-0.1, -0.05) is 210 Å². The molecule has 366 valence electrons. The van der Waals surface area contributed by atoms with Crippen molar-refractivity contribution in [2.75, 3.05) is 41.0 Å². The minimum absolute atomic E-state index is 0.0509. The zero-order valence-corrected chi connectivity index (χ0v) is 41.8. The molecule has 8 nitrogen and oxygen atoms in total. The topological polar surface area (TPSA) is 99.1 Å². The van der Waals surface area contributed by atoms with Crippen LogP contribution in [0.1, 0.15) is 232 Å². The predicted octanol–water partition coefficient (Wildman–Crippen LogP) is 15.1. The second kappa shape index (κ2) is 45.8. The SMILES string of the molecule is CC/C=C/C/C=C/C/C=C/C/C=C/CCCCCCCCCCCCC(=O)OCC(COCCC(C(=O)O)[N+](C)(C)C)OC(=O)CCCCCCCCCCCCCCCCCC. The lowest BCUT2D eigenvalue weighted by atomic mass is 10.0. The molecule has 0 aromatic rings. The number of carbonyl (C=O) groups excluding carboxylic acids is 2. The molecule has 0 fully saturated rings. The lowest BCUT2D eigenvalue weighted by molar-refractivity contribution is -0.887. The Morgan fingerprint density at radius 1 is 0.492 bits per heavy atom. The van der Waals surface area contributed by atoms with Crippen LogP contribution in [0.2, 0.25) is 0 Å². The highest BCUT2D eigenvalue weighted by atomic mass is 16.6. The fourth-order valence-corrected chi connectivity index (χ4v) is 7.73. The molecule has 1 N–H and O–H groups in total. The van der Waals surface area contributed by atoms with E-state index in [9.17, 15) is 19.5 Å². The number of rotatable bonds is 47. The molecule has 0 saturated heterocycles. The molecule has 0 rings (SSSR count). The maximum Gasteiger partial charge on any atom is 0.362 e. The summed E-state index contributed by atoms with van der Waals surface area (Å²) in [4.78, 5) is 37.2. The fraction of sp³-hybridized carbons (Fsp3) is 0.800. The van der Waals surface area contributed by atoms with Gasteiger partial charge in [-0.3, -0.25) is 9.59 Å². The summed E-state index contributed by atoms with van der Waals surface area (Å²) in [6.07, 6.45) is 55.9. The summed E-state index contributed by atoms with van der Waals surface area (Å²) in [5, 5.41) is 9.65. The number of esters is 2. The van der Waals surface area contributed by atoms with E-state index in [2.05, 4.69) is 62.5 Å². The zero-order valence-electron chi connectivity index (χ0n) is 41.8. The van der Waals surface area contributed by atoms with Gasteiger partial charge in [0, 0.05) is 19.3 Å². The highest BCUT2D eigenvalue weighted by Gasteiger charge is 2.31. The van der Waals surface area contributed by atoms with Crippen LogP contribution in [0.4, 0.5) is 0 Å². The Balaban J connectivity index is 4.20. The average Bonchev–Trinajstić information content (AvgIpc) is 3.24. The molecule has 2 unspecified atom stereocenters. The molecule has 2 atom stereocenters. The van der Waals surface area contributed by atoms with Crippen LogP contribution >= 0.6 is 0 Å². The monoisotopic (exact) mass is 887 g/mol. The van der Waals surface area contributed by atoms with Crippen molar-refractivity contribution in [2.45, 2.75) is 244 Å². The number of likely N-dealkylation sites (N-methyl/N-ethyl adjacent to an activating group) is 1. The molecule has 0 saturated carbocycles. The second-order valence-corrected chi connectivity index (χ2v) is 18.8. The number of carbonyl (C=O) groups is 3. The number of hydrogen-bond donors (Lipinski definition) is 1. The van der Waals surface area contributed by atoms with Gasteiger partial charge in [-0.15, -0.1) is 0 Å². The first-order chi connectivity index (χ1) is 30.6. The minimum Gasteiger partial charge on any atom is -0.477 e. The first-order valence-electron chi connectivity index (χ1n) is 26.2. The summed E-state index contributed by atoms with van der Waals surface area (Å²) in [5.74, 6) is -1.46. The number of quaternary nitrogens is 1. The maximum absolute atomic E-state index is 12.8. The number of unbranched alkanes of at least 4 members (excludes halogenated alkanes) is 25. The van der Waals surface area contributed by atoms with Gasteiger partial charge in [-0.2, -0.15) is 0 Å². The van der Waals surface area contributed by atoms with Gasteiger partial charge in [-0.25, -0.2) is 4.79 Å². The zero-order chi connectivity index (χ0) is 46.3. The number of hydrogen-bond acceptors (Lipinski definition) is 6. The van der Waals surface area contributed by atoms with Crippen molar-refractivity contribution in [3.63, 3.8) is 0 Å². The number of carboxylic acids is 1. The molecule has 0 aliphatic carbocycles. The molecule has 0 radical (unpaired) electrons. The van der Waals surface area contributed by atoms with Gasteiger partial charge in [0.15, 0.2) is 12.1 Å². The standard InChI is InChI=1S/C55H99NO7/c1-6-8-10-12-14-16-18-20-22-24-25-26-27-28-29-30-32-33-35-37-39-41-43-45-53(57)62-50-51(49-61-48-47-52(55(59)60)56(3,4)5)63-54(58)46-44-42-40-38-36-34-31-23-21-19-17-15-13-11-9-7-2/h8,10,14,16,20,22,25-26,51-52H,6-7,9,11-13,15,17-19,21,23-24,27-50H2,1-5H3/p+1/b10-8+,16-14+,22-20+,26-25+. The first kappa shape index (κ1) is 60.3. The van der Waals surface area contributed by atoms with E-state index in [4.69, 9.17) is 14.2 Å². The maximum atomic E-state index is 12.8. The Morgan fingerprint density at radius 2 is 0.889 bits per heavy atom. The van der Waals surface area contributed by atoms with E-state index in [1.165, 1.54) is 135 Å². The molecular formula is C55H100NO7+. The van der Waals surface area contributed by atoms with Crippen LogP contribution in [0.15, 0.2) is 48.6 Å². The highest BCUT2D eigenvalue weighted by Crippen LogP contribution is 2.16. The van der Waals surface area contributed by atoms with Crippen LogP contribution in [-0.2, 0) is 28.6 Å². The van der Waals surface area contributed by atoms with Crippen LogP contribution in [0.5, 0.6) is 0 Å². The third kappa shape index (κ3) is 44.3. The lowest BCUT2D eigenvalue weighted by Gasteiger charge is -2.31. The second-order valence-electron chi connectivity index (χ2n) is 18.8. The van der Waals surface area contributed by atoms with Crippen LogP contribution in [0.25, 0.3) is 0 Å². The van der Waals surface area contributed by atoms with Crippen molar-refractivity contribution in [1.82, 2.24) is 0 Å². The average molecular weight is 887 g/mol. The van der Waals surface area contributed by atoms with Gasteiger partial charge < -0.3 is 23.8 Å². The van der Waals surface area contributed by atoms with E-state index in [1.807, 2.05) is 21.1 Å². The normalized spacial score (nSPS) is 13.2. The molecule has 8 heteroatoms. The van der Waals surface area contributed by atoms with Crippen LogP contribution in [0.3, 0.4) is 0 Å². The summed E-state index contributed by atoms with van der Waals surface area (Å²) in [6.45, 7) is 4.65. The summed E-state index contributed by atoms with van der Waals surface area (Å²) >= 11 is 0. The van der Waals surface area contributed by atoms with E-state index < -0.39 is 18.1 Å². The van der Waals surface area contributed by atoms with Crippen molar-refractivity contribution in [3.05, 3.63) is 48.6 Å². The van der Waals surface area contributed by atoms with Crippen molar-refractivity contribution in [3.8, 4) is 0 Å². The number of aliphatic carboxylic acids is 1. The largest absolute Gasteiger partial charge is 0.477 e. The van der Waals surface area contributed by atoms with E-state index in [-0.39, 0.29) is 36.2 Å². The third-order valence-corrected chi connectivity index (χ3v) is 11.7. The van der Waals surface area contributed by atoms with E-state index in [0.717, 1.165) is 64.2 Å². The van der Waals surface area contributed by atoms with Gasteiger partial charge in [0.2, 0.25) is 0 Å². The number of nitrogens with zero attached hydrogens (tertiary/aromatic N) is 1. The quantitative estimate of drug-likeness (QED) is 0.0281. The van der Waals surface area contributed by atoms with Crippen LogP contribution in [0, 0.1) is 0 Å². The van der Waals surface area contributed by atoms with Crippen molar-refractivity contribution in [2.24, 2.45) is 0 Å². The molecule has 0 aromatic carbocycles. The Bertz CT molecular complexity index is 1170. The van der Waals surface area contributed by atoms with Gasteiger partial charge in [-0.05, 0) is 51.4 Å². The third-order valence-electron chi connectivity index (χ3n) is 11.7. The summed E-state index contributed by atoms with van der Waals surface area (Å²) in [7, 11) is 5.54. The van der Waals surface area contributed by atoms with E-state index in [1.54, 1.807) is 0 Å². The Kier molecular flexibility index (Phi) is 43.9. The molecule has 0 heterocycles. The van der Waals surface area contributed by atoms with Gasteiger partial charge in [0.05, 0.1) is 34.4 Å². The van der Waals surface area contributed by atoms with Crippen molar-refractivity contribution >= 4 is 17.9 Å². The highest BCUT2D eigenvalue weighted by molar-refractivity contribution is 5.72. The van der Waals surface area contributed by atoms with Gasteiger partial charge >= 0.3 is 17.9 Å². The Hall–Kier alpha value is -2.71. The van der Waals surface area contributed by atoms with Gasteiger partial charge in [0.25, 0.3) is 0 Å². The first-order valence-corrected chi connectivity index (χ1v) is 26.2. The predicted molar refractivity (Wildman–Crippen MR) is 266 cm³/mol. The van der Waals surface area contributed by atoms with Gasteiger partial charge in [0.1, 0.15) is 6.61 Å². The van der Waals surface area contributed by atoms with Crippen LogP contribution in [-0.4, -0.2) is 80.6 Å². The van der Waals surface area contributed by atoms with Crippen molar-refractivity contribution in [1.29, 1.82) is 0 Å². The number of ether oxygens (including phenoxy) is 3. The molecule has 0 aromatic heterocycles. The van der Waals surface area contributed by atoms with E-state index >= 15 is 0 Å². The molecule has 0 amide bonds. The fourth-order valence-electron chi connectivity index (χ4n) is 7.73. The Labute approximate surface area is 388 Å². The van der Waals surface area contributed by atoms with Crippen LogP contribution < -0.4 is 0 Å². The summed E-state index contributed by atoms with van der Waals surface area (Å²) < 4.78 is 17.4. The minimum atomic E-state index is -0.873. The van der Waals surface area contributed by atoms with Crippen molar-refractivity contribution < 1.29 is 38.2 Å². The van der Waals surface area contributed by atoms with E-state index in [0.29, 0.717) is 19.3 Å². The molecule has 0 bridgehead atoms. The number of allylic oxidation sites excluding steroid dienone is 8. The smallest absolute Gasteiger partial charge is 0.362 e. The molecular weight excluding hydrogens is 787 g/mol. The summed E-state index contributed by atoms with van der Waals surface area (Å²) in [5.41, 5.74) is 0. The molecule has 0 aliphatic rings. The lowest BCUT2D eigenvalue weighted by Crippen LogP contribution is -2.50.